The first-order chi connectivity index (χ1) is 12.6. The van der Waals surface area contributed by atoms with Crippen LogP contribution < -0.4 is 5.73 Å². The van der Waals surface area contributed by atoms with E-state index in [4.69, 9.17) is 22.1 Å². The molecule has 4 N–H and O–H groups in total. The van der Waals surface area contributed by atoms with Gasteiger partial charge in [-0.05, 0) is 73.3 Å². The van der Waals surface area contributed by atoms with Crippen molar-refractivity contribution in [3.05, 3.63) is 82.2 Å². The molecule has 0 aliphatic heterocycles. The molecule has 124 valence electrons. The smallest absolute Gasteiger partial charge is 0.126 e. The fourth-order valence-electron chi connectivity index (χ4n) is 3.34. The summed E-state index contributed by atoms with van der Waals surface area (Å²) >= 11 is 0. The van der Waals surface area contributed by atoms with Crippen molar-refractivity contribution >= 4 is 44.0 Å². The van der Waals surface area contributed by atoms with Gasteiger partial charge in [0.25, 0.3) is 0 Å². The summed E-state index contributed by atoms with van der Waals surface area (Å²) in [5, 5.41) is 25.3. The van der Waals surface area contributed by atoms with Crippen molar-refractivity contribution in [1.82, 2.24) is 0 Å². The number of hydrogen-bond donors (Lipinski definition) is 3. The predicted octanol–water partition coefficient (Wildman–Crippen LogP) is 5.07. The van der Waals surface area contributed by atoms with E-state index in [-0.39, 0.29) is 11.7 Å². The molecule has 0 aliphatic rings. The van der Waals surface area contributed by atoms with Gasteiger partial charge >= 0.3 is 0 Å². The number of nitrogens with zero attached hydrogens (tertiary/aromatic N) is 3. The van der Waals surface area contributed by atoms with Crippen LogP contribution in [0, 0.1) is 10.8 Å². The molecule has 26 heavy (non-hydrogen) atoms. The van der Waals surface area contributed by atoms with Gasteiger partial charge in [-0.3, -0.25) is 10.8 Å². The van der Waals surface area contributed by atoms with E-state index in [1.54, 1.807) is 6.07 Å². The third-order valence-corrected chi connectivity index (χ3v) is 4.51. The van der Waals surface area contributed by atoms with Crippen molar-refractivity contribution in [3.8, 4) is 0 Å². The molecule has 0 spiro atoms. The molecule has 4 aromatic carbocycles. The van der Waals surface area contributed by atoms with E-state index in [0.29, 0.717) is 11.1 Å². The maximum absolute atomic E-state index is 8.72. The van der Waals surface area contributed by atoms with E-state index in [2.05, 4.69) is 28.2 Å². The van der Waals surface area contributed by atoms with E-state index >= 15 is 0 Å². The molecule has 0 bridgehead atoms. The number of benzene rings is 4. The standard InChI is InChI=1S/C20H14N6/c21-19(22)16-6-5-13-9-14-7-11-3-1-2-4-12(11)8-15(14)10-17(13)18(16)20(23)25-26-24/h1-10,23H,(H3,21,22). The Kier molecular flexibility index (Phi) is 3.53. The molecular weight excluding hydrogens is 324 g/mol. The first-order valence-electron chi connectivity index (χ1n) is 7.96. The molecule has 0 aliphatic carbocycles. The van der Waals surface area contributed by atoms with Gasteiger partial charge in [-0.15, -0.1) is 0 Å². The van der Waals surface area contributed by atoms with Crippen LogP contribution in [0.1, 0.15) is 11.1 Å². The molecule has 0 heterocycles. The maximum Gasteiger partial charge on any atom is 0.126 e. The van der Waals surface area contributed by atoms with E-state index in [1.165, 1.54) is 0 Å². The zero-order valence-electron chi connectivity index (χ0n) is 13.7. The normalized spacial score (nSPS) is 10.8. The monoisotopic (exact) mass is 338 g/mol. The summed E-state index contributed by atoms with van der Waals surface area (Å²) in [6.45, 7) is 0. The van der Waals surface area contributed by atoms with Crippen molar-refractivity contribution < 1.29 is 0 Å². The maximum atomic E-state index is 8.72. The van der Waals surface area contributed by atoms with E-state index in [1.807, 2.05) is 36.4 Å². The lowest BCUT2D eigenvalue weighted by molar-refractivity contribution is 1.38. The number of azide groups is 1. The molecule has 0 radical (unpaired) electrons. The zero-order chi connectivity index (χ0) is 18.3. The number of nitrogens with one attached hydrogen (secondary N) is 2. The Labute approximate surface area is 148 Å². The lowest BCUT2D eigenvalue weighted by Gasteiger charge is -2.12. The lowest BCUT2D eigenvalue weighted by Crippen LogP contribution is -2.16. The Morgan fingerprint density at radius 2 is 1.46 bits per heavy atom. The molecule has 0 amide bonds. The highest BCUT2D eigenvalue weighted by Crippen LogP contribution is 2.31. The third kappa shape index (κ3) is 2.42. The largest absolute Gasteiger partial charge is 0.384 e. The number of fused-ring (bicyclic) bond motifs is 3. The summed E-state index contributed by atoms with van der Waals surface area (Å²) in [5.74, 6) is -0.415. The minimum Gasteiger partial charge on any atom is -0.384 e. The molecule has 6 heteroatoms. The summed E-state index contributed by atoms with van der Waals surface area (Å²) in [5.41, 5.74) is 15.2. The summed E-state index contributed by atoms with van der Waals surface area (Å²) in [6, 6.07) is 19.9. The van der Waals surface area contributed by atoms with Crippen molar-refractivity contribution in [2.75, 3.05) is 0 Å². The molecule has 6 nitrogen and oxygen atoms in total. The van der Waals surface area contributed by atoms with Crippen molar-refractivity contribution in [1.29, 1.82) is 10.8 Å². The van der Waals surface area contributed by atoms with Crippen LogP contribution in [-0.4, -0.2) is 11.7 Å². The highest BCUT2D eigenvalue weighted by molar-refractivity contribution is 6.19. The van der Waals surface area contributed by atoms with Gasteiger partial charge in [-0.2, -0.15) is 0 Å². The van der Waals surface area contributed by atoms with E-state index < -0.39 is 0 Å². The number of amidine groups is 2. The number of rotatable bonds is 2. The number of nitrogen functional groups attached to an aromatic ring is 1. The van der Waals surface area contributed by atoms with E-state index in [9.17, 15) is 0 Å². The Morgan fingerprint density at radius 3 is 2.08 bits per heavy atom. The quantitative estimate of drug-likeness (QED) is 0.116. The second-order valence-corrected chi connectivity index (χ2v) is 6.06. The van der Waals surface area contributed by atoms with Crippen molar-refractivity contribution in [3.63, 3.8) is 0 Å². The van der Waals surface area contributed by atoms with Gasteiger partial charge in [0, 0.05) is 16.0 Å². The van der Waals surface area contributed by atoms with Gasteiger partial charge in [-0.1, -0.05) is 30.3 Å². The average molecular weight is 338 g/mol. The Hall–Kier alpha value is -3.89. The molecule has 0 atom stereocenters. The fourth-order valence-corrected chi connectivity index (χ4v) is 3.34. The van der Waals surface area contributed by atoms with Gasteiger partial charge in [0.2, 0.25) is 0 Å². The number of nitrogens with two attached hydrogens (primary N) is 1. The SMILES string of the molecule is [N-]=[N+]=NC(=N)c1c(C(=N)N)ccc2cc3cc4ccccc4cc3cc12. The Bertz CT molecular complexity index is 1280. The first-order valence-corrected chi connectivity index (χ1v) is 7.96. The highest BCUT2D eigenvalue weighted by atomic mass is 15.2. The minimum atomic E-state index is -0.247. The molecular formula is C20H14N6. The highest BCUT2D eigenvalue weighted by Gasteiger charge is 2.14. The topological polar surface area (TPSA) is 122 Å². The van der Waals surface area contributed by atoms with Crippen LogP contribution in [0.3, 0.4) is 0 Å². The van der Waals surface area contributed by atoms with Crippen LogP contribution in [0.2, 0.25) is 0 Å². The lowest BCUT2D eigenvalue weighted by atomic mass is 9.93. The van der Waals surface area contributed by atoms with Gasteiger partial charge in [-0.25, -0.2) is 0 Å². The Balaban J connectivity index is 2.14. The second-order valence-electron chi connectivity index (χ2n) is 6.06. The summed E-state index contributed by atoms with van der Waals surface area (Å²) in [4.78, 5) is 2.71. The summed E-state index contributed by atoms with van der Waals surface area (Å²) in [6.07, 6.45) is 0. The van der Waals surface area contributed by atoms with Gasteiger partial charge in [0.05, 0.1) is 0 Å². The van der Waals surface area contributed by atoms with Crippen molar-refractivity contribution in [2.45, 2.75) is 0 Å². The van der Waals surface area contributed by atoms with E-state index in [0.717, 1.165) is 32.3 Å². The molecule has 0 aromatic heterocycles. The molecule has 0 saturated heterocycles. The fraction of sp³-hybridized carbons (Fsp3) is 0. The molecule has 0 fully saturated rings. The van der Waals surface area contributed by atoms with Gasteiger partial charge < -0.3 is 5.73 Å². The Morgan fingerprint density at radius 1 is 0.846 bits per heavy atom. The van der Waals surface area contributed by atoms with Crippen LogP contribution in [0.4, 0.5) is 0 Å². The van der Waals surface area contributed by atoms with Crippen LogP contribution in [0.25, 0.3) is 42.8 Å². The van der Waals surface area contributed by atoms with Crippen LogP contribution in [-0.2, 0) is 0 Å². The molecule has 0 saturated carbocycles. The molecule has 4 rings (SSSR count). The summed E-state index contributed by atoms with van der Waals surface area (Å²) < 4.78 is 0. The summed E-state index contributed by atoms with van der Waals surface area (Å²) in [7, 11) is 0. The molecule has 0 unspecified atom stereocenters. The average Bonchev–Trinajstić information content (AvgIpc) is 2.63. The predicted molar refractivity (Wildman–Crippen MR) is 106 cm³/mol. The van der Waals surface area contributed by atoms with Gasteiger partial charge in [0.15, 0.2) is 0 Å². The van der Waals surface area contributed by atoms with Crippen LogP contribution in [0.5, 0.6) is 0 Å². The van der Waals surface area contributed by atoms with Crippen LogP contribution >= 0.6 is 0 Å². The minimum absolute atomic E-state index is 0.168. The van der Waals surface area contributed by atoms with Gasteiger partial charge in [0.1, 0.15) is 11.7 Å². The second kappa shape index (κ2) is 5.88. The van der Waals surface area contributed by atoms with Crippen LogP contribution in [0.15, 0.2) is 65.8 Å². The zero-order valence-corrected chi connectivity index (χ0v) is 13.7. The number of hydrogen-bond acceptors (Lipinski definition) is 2. The third-order valence-electron chi connectivity index (χ3n) is 4.51. The van der Waals surface area contributed by atoms with Crippen molar-refractivity contribution in [2.24, 2.45) is 10.8 Å². The molecule has 4 aromatic rings. The first kappa shape index (κ1) is 15.6.